The van der Waals surface area contributed by atoms with E-state index in [2.05, 4.69) is 0 Å². The molecule has 3 rings (SSSR count). The number of furan rings is 1. The van der Waals surface area contributed by atoms with Gasteiger partial charge in [-0.2, -0.15) is 0 Å². The van der Waals surface area contributed by atoms with Crippen molar-refractivity contribution in [1.82, 2.24) is 0 Å². The Labute approximate surface area is 117 Å². The van der Waals surface area contributed by atoms with Crippen LogP contribution in [0.2, 0.25) is 0 Å². The van der Waals surface area contributed by atoms with Crippen LogP contribution in [-0.4, -0.2) is 16.0 Å². The topological polar surface area (TPSA) is 70.7 Å². The number of aliphatic hydroxyl groups is 2. The first-order valence-corrected chi connectivity index (χ1v) is 6.14. The highest BCUT2D eigenvalue weighted by Gasteiger charge is 2.15. The average molecular weight is 272 g/mol. The number of hydrogen-bond acceptors (Lipinski definition) is 4. The van der Waals surface area contributed by atoms with Crippen molar-refractivity contribution >= 4 is 16.8 Å². The van der Waals surface area contributed by atoms with Crippen LogP contribution in [0.25, 0.3) is 11.0 Å². The van der Waals surface area contributed by atoms with Gasteiger partial charge in [-0.15, -0.1) is 0 Å². The molecule has 2 N–H and O–H groups in total. The maximum atomic E-state index is 12.2. The van der Waals surface area contributed by atoms with Gasteiger partial charge < -0.3 is 14.6 Å². The van der Waals surface area contributed by atoms with E-state index in [9.17, 15) is 4.79 Å². The fourth-order valence-electron chi connectivity index (χ4n) is 2.07. The van der Waals surface area contributed by atoms with E-state index in [0.29, 0.717) is 22.1 Å². The van der Waals surface area contributed by atoms with Gasteiger partial charge in [-0.1, -0.05) is 36.4 Å². The number of carbonyl (C=O) groups is 1. The van der Waals surface area contributed by atoms with E-state index in [0.717, 1.165) is 0 Å². The lowest BCUT2D eigenvalue weighted by atomic mass is 10.1. The van der Waals surface area contributed by atoms with Crippen molar-refractivity contribution in [3.8, 4) is 0 Å². The second-order valence-electron chi connectivity index (χ2n) is 4.48. The smallest absolute Gasteiger partial charge is 0.228 e. The third-order valence-electron chi connectivity index (χ3n) is 3.10. The third kappa shape index (κ3) is 2.22. The average Bonchev–Trinajstić information content (AvgIpc) is 2.90. The van der Waals surface area contributed by atoms with Crippen LogP contribution >= 0.6 is 0 Å². The number of hydrogen-bond donors (Lipinski definition) is 2. The van der Waals surface area contributed by atoms with E-state index in [4.69, 9.17) is 14.6 Å². The van der Waals surface area contributed by atoms with Gasteiger partial charge in [0.05, 0.1) is 0 Å². The maximum Gasteiger partial charge on any atom is 0.228 e. The second-order valence-corrected chi connectivity index (χ2v) is 4.48. The highest BCUT2D eigenvalue weighted by atomic mass is 16.5. The Morgan fingerprint density at radius 2 is 1.80 bits per heavy atom. The fourth-order valence-corrected chi connectivity index (χ4v) is 2.07. The van der Waals surface area contributed by atoms with Crippen molar-refractivity contribution in [3.63, 3.8) is 0 Å². The normalized spacial score (nSPS) is 11.2. The summed E-state index contributed by atoms with van der Waals surface area (Å²) in [5, 5.41) is 18.9. The van der Waals surface area contributed by atoms with Crippen LogP contribution < -0.4 is 0 Å². The summed E-state index contributed by atoms with van der Waals surface area (Å²) in [4.78, 5) is 12.2. The molecule has 0 saturated heterocycles. The molecule has 0 bridgehead atoms. The Balaban J connectivity index is 0.00000121. The predicted molar refractivity (Wildman–Crippen MR) is 77.5 cm³/mol. The summed E-state index contributed by atoms with van der Waals surface area (Å²) in [6.45, 7) is 0. The van der Waals surface area contributed by atoms with Crippen LogP contribution in [0, 0.1) is 0 Å². The summed E-state index contributed by atoms with van der Waals surface area (Å²) in [5.41, 5.74) is 1.44. The molecule has 0 unspecified atom stereocenters. The van der Waals surface area contributed by atoms with E-state index in [-0.39, 0.29) is 14.4 Å². The molecule has 0 spiro atoms. The van der Waals surface area contributed by atoms with Gasteiger partial charge in [0.15, 0.2) is 12.1 Å². The minimum atomic E-state index is -1.54. The minimum absolute atomic E-state index is 0. The molecule has 3 aromatic rings. The van der Waals surface area contributed by atoms with E-state index in [1.54, 1.807) is 48.5 Å². The highest BCUT2D eigenvalue weighted by Crippen LogP contribution is 2.24. The zero-order chi connectivity index (χ0) is 14.1. The molecule has 0 aliphatic heterocycles. The molecule has 4 nitrogen and oxygen atoms in total. The number of ketones is 1. The Kier molecular flexibility index (Phi) is 3.10. The lowest BCUT2D eigenvalue weighted by Gasteiger charge is -2.01. The van der Waals surface area contributed by atoms with Gasteiger partial charge in [0.1, 0.15) is 5.58 Å². The van der Waals surface area contributed by atoms with Gasteiger partial charge in [0.25, 0.3) is 0 Å². The van der Waals surface area contributed by atoms with Crippen LogP contribution in [0.15, 0.2) is 59.0 Å². The summed E-state index contributed by atoms with van der Waals surface area (Å²) in [6.07, 6.45) is -1.54. The number of carbonyl (C=O) groups excluding carboxylic acids is 1. The number of fused-ring (bicyclic) bond motifs is 1. The second kappa shape index (κ2) is 4.92. The summed E-state index contributed by atoms with van der Waals surface area (Å²) in [5.74, 6) is 0.0312. The molecule has 0 radical (unpaired) electrons. The van der Waals surface area contributed by atoms with Crippen LogP contribution in [0.4, 0.5) is 0 Å². The molecule has 0 fully saturated rings. The Morgan fingerprint density at radius 3 is 2.50 bits per heavy atom. The lowest BCUT2D eigenvalue weighted by Crippen LogP contribution is -1.98. The molecule has 1 heterocycles. The van der Waals surface area contributed by atoms with Gasteiger partial charge >= 0.3 is 0 Å². The molecule has 0 aliphatic carbocycles. The van der Waals surface area contributed by atoms with Crippen molar-refractivity contribution in [2.24, 2.45) is 0 Å². The monoisotopic (exact) mass is 272 g/mol. The molecular formula is C16H16O4. The summed E-state index contributed by atoms with van der Waals surface area (Å²) in [7, 11) is 0. The standard InChI is InChI=1S/C16H12O4.2H2/c17-15(10-4-2-1-3-5-10)14-9-12-8-11(16(18)19)6-7-13(12)20-14;;/h1-9,16,18-19H;2*1H. The quantitative estimate of drug-likeness (QED) is 0.567. The summed E-state index contributed by atoms with van der Waals surface area (Å²) < 4.78 is 5.51. The molecule has 2 aromatic carbocycles. The lowest BCUT2D eigenvalue weighted by molar-refractivity contribution is -0.0423. The SMILES string of the molecule is O=C(c1ccccc1)c1cc2cc(C(O)O)ccc2o1.[HH].[HH]. The largest absolute Gasteiger partial charge is 0.453 e. The van der Waals surface area contributed by atoms with E-state index >= 15 is 0 Å². The van der Waals surface area contributed by atoms with Crippen LogP contribution in [0.5, 0.6) is 0 Å². The van der Waals surface area contributed by atoms with E-state index in [1.807, 2.05) is 6.07 Å². The first kappa shape index (κ1) is 12.6. The predicted octanol–water partition coefficient (Wildman–Crippen LogP) is 3.14. The van der Waals surface area contributed by atoms with Crippen LogP contribution in [0.3, 0.4) is 0 Å². The molecule has 20 heavy (non-hydrogen) atoms. The zero-order valence-corrected chi connectivity index (χ0v) is 10.5. The molecule has 0 atom stereocenters. The van der Waals surface area contributed by atoms with Gasteiger partial charge in [0.2, 0.25) is 5.78 Å². The summed E-state index contributed by atoms with van der Waals surface area (Å²) >= 11 is 0. The minimum Gasteiger partial charge on any atom is -0.453 e. The highest BCUT2D eigenvalue weighted by molar-refractivity contribution is 6.08. The first-order chi connectivity index (χ1) is 9.65. The Morgan fingerprint density at radius 1 is 1.05 bits per heavy atom. The van der Waals surface area contributed by atoms with Gasteiger partial charge in [0, 0.05) is 19.4 Å². The number of aliphatic hydroxyl groups excluding tert-OH is 1. The van der Waals surface area contributed by atoms with Gasteiger partial charge in [-0.05, 0) is 18.2 Å². The zero-order valence-electron chi connectivity index (χ0n) is 10.5. The third-order valence-corrected chi connectivity index (χ3v) is 3.10. The molecule has 0 amide bonds. The van der Waals surface area contributed by atoms with Gasteiger partial charge in [-0.3, -0.25) is 4.79 Å². The Hall–Kier alpha value is -2.43. The van der Waals surface area contributed by atoms with Crippen molar-refractivity contribution in [3.05, 3.63) is 71.5 Å². The van der Waals surface area contributed by atoms with Crippen molar-refractivity contribution in [2.45, 2.75) is 6.29 Å². The Bertz CT molecular complexity index is 766. The van der Waals surface area contributed by atoms with Crippen LogP contribution in [-0.2, 0) is 0 Å². The molecular weight excluding hydrogens is 256 g/mol. The van der Waals surface area contributed by atoms with E-state index < -0.39 is 6.29 Å². The molecule has 104 valence electrons. The molecule has 0 saturated carbocycles. The fraction of sp³-hybridized carbons (Fsp3) is 0.0625. The maximum absolute atomic E-state index is 12.2. The number of benzene rings is 2. The van der Waals surface area contributed by atoms with Crippen molar-refractivity contribution in [1.29, 1.82) is 0 Å². The summed E-state index contributed by atoms with van der Waals surface area (Å²) in [6, 6.07) is 15.2. The van der Waals surface area contributed by atoms with Crippen molar-refractivity contribution in [2.75, 3.05) is 0 Å². The van der Waals surface area contributed by atoms with Crippen molar-refractivity contribution < 1.29 is 22.3 Å². The number of rotatable bonds is 3. The molecule has 4 heteroatoms. The first-order valence-electron chi connectivity index (χ1n) is 6.14. The van der Waals surface area contributed by atoms with Crippen LogP contribution in [0.1, 0.15) is 30.8 Å². The van der Waals surface area contributed by atoms with Gasteiger partial charge in [-0.25, -0.2) is 0 Å². The van der Waals surface area contributed by atoms with E-state index in [1.165, 1.54) is 0 Å². The molecule has 0 aliphatic rings. The molecule has 1 aromatic heterocycles.